The number of rotatable bonds is 2. The van der Waals surface area contributed by atoms with Gasteiger partial charge >= 0.3 is 0 Å². The van der Waals surface area contributed by atoms with Gasteiger partial charge in [-0.25, -0.2) is 0 Å². The minimum Gasteiger partial charge on any atom is -0.347 e. The van der Waals surface area contributed by atoms with Gasteiger partial charge in [-0.3, -0.25) is 9.78 Å². The number of nitrogens with one attached hydrogen (secondary N) is 2. The van der Waals surface area contributed by atoms with Gasteiger partial charge in [-0.15, -0.1) is 24.8 Å². The second-order valence-electron chi connectivity index (χ2n) is 4.90. The zero-order valence-corrected chi connectivity index (χ0v) is 13.2. The largest absolute Gasteiger partial charge is 0.347 e. The van der Waals surface area contributed by atoms with Crippen LogP contribution in [-0.2, 0) is 0 Å². The van der Waals surface area contributed by atoms with Crippen molar-refractivity contribution in [3.05, 3.63) is 42.2 Å². The summed E-state index contributed by atoms with van der Waals surface area (Å²) in [7, 11) is 0. The maximum absolute atomic E-state index is 12.3. The van der Waals surface area contributed by atoms with Crippen molar-refractivity contribution in [1.29, 1.82) is 0 Å². The quantitative estimate of drug-likeness (QED) is 0.891. The van der Waals surface area contributed by atoms with E-state index in [2.05, 4.69) is 15.6 Å². The van der Waals surface area contributed by atoms with Gasteiger partial charge in [-0.05, 0) is 30.8 Å². The van der Waals surface area contributed by atoms with Gasteiger partial charge in [0.05, 0.1) is 0 Å². The standard InChI is InChI=1S/C15H17N3O.2ClH/c19-15(18-12-5-3-8-16-10-12)14-13-6-2-1-4-11(13)7-9-17-14;;/h1-2,4,6-7,9,12,16H,3,5,8,10H2,(H,18,19);2*1H/t12-;;/m0../s1. The topological polar surface area (TPSA) is 54.0 Å². The summed E-state index contributed by atoms with van der Waals surface area (Å²) in [5, 5.41) is 8.31. The molecule has 21 heavy (non-hydrogen) atoms. The molecule has 4 nitrogen and oxygen atoms in total. The summed E-state index contributed by atoms with van der Waals surface area (Å²) in [6, 6.07) is 9.97. The first kappa shape index (κ1) is 17.7. The van der Waals surface area contributed by atoms with Crippen LogP contribution in [-0.4, -0.2) is 30.0 Å². The van der Waals surface area contributed by atoms with Crippen LogP contribution in [0.5, 0.6) is 0 Å². The van der Waals surface area contributed by atoms with Gasteiger partial charge in [-0.2, -0.15) is 0 Å². The Hall–Kier alpha value is -1.36. The summed E-state index contributed by atoms with van der Waals surface area (Å²) in [6.07, 6.45) is 3.83. The second-order valence-corrected chi connectivity index (χ2v) is 4.90. The number of carbonyl (C=O) groups excluding carboxylic acids is 1. The number of carbonyl (C=O) groups is 1. The third kappa shape index (κ3) is 4.06. The van der Waals surface area contributed by atoms with Crippen LogP contribution >= 0.6 is 24.8 Å². The molecule has 0 radical (unpaired) electrons. The molecule has 3 rings (SSSR count). The van der Waals surface area contributed by atoms with Crippen molar-refractivity contribution in [2.45, 2.75) is 18.9 Å². The lowest BCUT2D eigenvalue weighted by atomic mass is 10.1. The highest BCUT2D eigenvalue weighted by molar-refractivity contribution is 6.05. The molecule has 0 saturated carbocycles. The van der Waals surface area contributed by atoms with E-state index in [4.69, 9.17) is 0 Å². The van der Waals surface area contributed by atoms with Crippen LogP contribution in [0, 0.1) is 0 Å². The van der Waals surface area contributed by atoms with Crippen LogP contribution in [0.4, 0.5) is 0 Å². The molecule has 2 aromatic rings. The molecule has 1 fully saturated rings. The Bertz CT molecular complexity index is 595. The highest BCUT2D eigenvalue weighted by Crippen LogP contribution is 2.16. The minimum atomic E-state index is -0.0782. The monoisotopic (exact) mass is 327 g/mol. The van der Waals surface area contributed by atoms with Gasteiger partial charge in [0, 0.05) is 24.2 Å². The molecule has 0 bridgehead atoms. The van der Waals surface area contributed by atoms with Crippen molar-refractivity contribution in [2.24, 2.45) is 0 Å². The second kappa shape index (κ2) is 8.17. The lowest BCUT2D eigenvalue weighted by Gasteiger charge is -2.23. The molecule has 2 heterocycles. The highest BCUT2D eigenvalue weighted by Gasteiger charge is 2.18. The predicted molar refractivity (Wildman–Crippen MR) is 89.6 cm³/mol. The van der Waals surface area contributed by atoms with Gasteiger partial charge in [0.25, 0.3) is 5.91 Å². The Morgan fingerprint density at radius 1 is 1.24 bits per heavy atom. The van der Waals surface area contributed by atoms with Crippen molar-refractivity contribution >= 4 is 41.5 Å². The maximum atomic E-state index is 12.3. The number of hydrogen-bond donors (Lipinski definition) is 2. The van der Waals surface area contributed by atoms with Crippen LogP contribution in [0.1, 0.15) is 23.3 Å². The van der Waals surface area contributed by atoms with E-state index in [-0.39, 0.29) is 36.8 Å². The Balaban J connectivity index is 0.00000110. The lowest BCUT2D eigenvalue weighted by Crippen LogP contribution is -2.45. The summed E-state index contributed by atoms with van der Waals surface area (Å²) in [4.78, 5) is 16.6. The SMILES string of the molecule is Cl.Cl.O=C(N[C@H]1CCCNC1)c1nccc2ccccc12. The average Bonchev–Trinajstić information content (AvgIpc) is 2.47. The summed E-state index contributed by atoms with van der Waals surface area (Å²) in [6.45, 7) is 1.88. The number of fused-ring (bicyclic) bond motifs is 1. The Labute approximate surface area is 136 Å². The van der Waals surface area contributed by atoms with E-state index < -0.39 is 0 Å². The van der Waals surface area contributed by atoms with E-state index >= 15 is 0 Å². The first-order chi connectivity index (χ1) is 9.34. The lowest BCUT2D eigenvalue weighted by molar-refractivity contribution is 0.0927. The first-order valence-corrected chi connectivity index (χ1v) is 6.70. The molecule has 114 valence electrons. The van der Waals surface area contributed by atoms with Crippen molar-refractivity contribution in [2.75, 3.05) is 13.1 Å². The predicted octanol–water partition coefficient (Wildman–Crippen LogP) is 2.56. The van der Waals surface area contributed by atoms with Crippen molar-refractivity contribution in [3.63, 3.8) is 0 Å². The Morgan fingerprint density at radius 2 is 2.05 bits per heavy atom. The molecule has 1 atom stereocenters. The number of nitrogens with zero attached hydrogens (tertiary/aromatic N) is 1. The van der Waals surface area contributed by atoms with Crippen molar-refractivity contribution in [1.82, 2.24) is 15.6 Å². The number of aromatic nitrogens is 1. The number of benzene rings is 1. The number of hydrogen-bond acceptors (Lipinski definition) is 3. The van der Waals surface area contributed by atoms with Crippen LogP contribution in [0.15, 0.2) is 36.5 Å². The van der Waals surface area contributed by atoms with Gasteiger partial charge in [0.1, 0.15) is 5.69 Å². The van der Waals surface area contributed by atoms with Crippen molar-refractivity contribution < 1.29 is 4.79 Å². The number of halogens is 2. The number of pyridine rings is 1. The third-order valence-electron chi connectivity index (χ3n) is 3.52. The van der Waals surface area contributed by atoms with E-state index in [1.165, 1.54) is 0 Å². The van der Waals surface area contributed by atoms with Crippen LogP contribution in [0.2, 0.25) is 0 Å². The number of piperidine rings is 1. The Morgan fingerprint density at radius 3 is 2.81 bits per heavy atom. The normalized spacial score (nSPS) is 17.4. The van der Waals surface area contributed by atoms with E-state index in [1.54, 1.807) is 6.20 Å². The van der Waals surface area contributed by atoms with E-state index in [9.17, 15) is 4.79 Å². The molecular formula is C15H19Cl2N3O. The molecule has 1 aliphatic heterocycles. The van der Waals surface area contributed by atoms with Gasteiger partial charge in [0.15, 0.2) is 0 Å². The summed E-state index contributed by atoms with van der Waals surface area (Å²) >= 11 is 0. The molecule has 1 aromatic carbocycles. The van der Waals surface area contributed by atoms with Crippen LogP contribution in [0.3, 0.4) is 0 Å². The molecule has 1 amide bonds. The van der Waals surface area contributed by atoms with Gasteiger partial charge in [0.2, 0.25) is 0 Å². The zero-order chi connectivity index (χ0) is 13.1. The zero-order valence-electron chi connectivity index (χ0n) is 11.5. The number of amides is 1. The summed E-state index contributed by atoms with van der Waals surface area (Å²) in [5.41, 5.74) is 0.517. The first-order valence-electron chi connectivity index (χ1n) is 6.70. The fourth-order valence-corrected chi connectivity index (χ4v) is 2.53. The van der Waals surface area contributed by atoms with E-state index in [1.807, 2.05) is 30.3 Å². The van der Waals surface area contributed by atoms with Gasteiger partial charge < -0.3 is 10.6 Å². The molecule has 6 heteroatoms. The molecule has 1 aliphatic rings. The van der Waals surface area contributed by atoms with Crippen molar-refractivity contribution in [3.8, 4) is 0 Å². The third-order valence-corrected chi connectivity index (χ3v) is 3.52. The average molecular weight is 328 g/mol. The van der Waals surface area contributed by atoms with Crippen LogP contribution in [0.25, 0.3) is 10.8 Å². The molecule has 0 unspecified atom stereocenters. The highest BCUT2D eigenvalue weighted by atomic mass is 35.5. The minimum absolute atomic E-state index is 0. The van der Waals surface area contributed by atoms with E-state index in [0.29, 0.717) is 5.69 Å². The maximum Gasteiger partial charge on any atom is 0.270 e. The smallest absolute Gasteiger partial charge is 0.270 e. The van der Waals surface area contributed by atoms with Crippen LogP contribution < -0.4 is 10.6 Å². The fraction of sp³-hybridized carbons (Fsp3) is 0.333. The molecule has 0 aliphatic carbocycles. The summed E-state index contributed by atoms with van der Waals surface area (Å²) in [5.74, 6) is -0.0782. The molecule has 1 aromatic heterocycles. The van der Waals surface area contributed by atoms with E-state index in [0.717, 1.165) is 36.7 Å². The molecule has 2 N–H and O–H groups in total. The Kier molecular flexibility index (Phi) is 6.89. The molecule has 0 spiro atoms. The summed E-state index contributed by atoms with van der Waals surface area (Å²) < 4.78 is 0. The molecule has 1 saturated heterocycles. The van der Waals surface area contributed by atoms with Gasteiger partial charge in [-0.1, -0.05) is 24.3 Å². The fourth-order valence-electron chi connectivity index (χ4n) is 2.53. The molecular weight excluding hydrogens is 309 g/mol.